The summed E-state index contributed by atoms with van der Waals surface area (Å²) in [5.74, 6) is 0.790. The molecule has 2 aliphatic heterocycles. The third-order valence-electron chi connectivity index (χ3n) is 6.53. The molecular formula is C26H32ClN3O3. The quantitative estimate of drug-likeness (QED) is 0.683. The largest absolute Gasteiger partial charge is 0.486 e. The van der Waals surface area contributed by atoms with Crippen molar-refractivity contribution in [3.63, 3.8) is 0 Å². The lowest BCUT2D eigenvalue weighted by Gasteiger charge is -2.39. The third-order valence-corrected chi connectivity index (χ3v) is 6.79. The lowest BCUT2D eigenvalue weighted by molar-refractivity contribution is -0.126. The average molecular weight is 470 g/mol. The number of piperidine rings is 1. The summed E-state index contributed by atoms with van der Waals surface area (Å²) >= 11 is 5.92. The minimum atomic E-state index is -0.0538. The molecule has 2 aliphatic rings. The minimum absolute atomic E-state index is 0.00481. The Balaban J connectivity index is 1.30. The Morgan fingerprint density at radius 1 is 1.12 bits per heavy atom. The predicted octanol–water partition coefficient (Wildman–Crippen LogP) is 4.82. The highest BCUT2D eigenvalue weighted by atomic mass is 35.5. The number of amides is 3. The highest BCUT2D eigenvalue weighted by molar-refractivity contribution is 6.30. The number of hydrogen-bond donors (Lipinski definition) is 1. The van der Waals surface area contributed by atoms with E-state index in [4.69, 9.17) is 16.3 Å². The van der Waals surface area contributed by atoms with E-state index >= 15 is 0 Å². The number of carbonyl (C=O) groups is 2. The van der Waals surface area contributed by atoms with Gasteiger partial charge in [-0.2, -0.15) is 0 Å². The first kappa shape index (κ1) is 23.4. The van der Waals surface area contributed by atoms with Gasteiger partial charge in [-0.3, -0.25) is 9.69 Å². The van der Waals surface area contributed by atoms with E-state index in [1.807, 2.05) is 59.2 Å². The highest BCUT2D eigenvalue weighted by Gasteiger charge is 2.34. The zero-order valence-electron chi connectivity index (χ0n) is 19.4. The molecular weight excluding hydrogens is 438 g/mol. The van der Waals surface area contributed by atoms with Gasteiger partial charge >= 0.3 is 6.03 Å². The number of rotatable bonds is 5. The third kappa shape index (κ3) is 5.61. The van der Waals surface area contributed by atoms with E-state index in [2.05, 4.69) is 12.2 Å². The smallest absolute Gasteiger partial charge is 0.324 e. The molecule has 1 atom stereocenters. The second-order valence-corrected chi connectivity index (χ2v) is 9.38. The maximum Gasteiger partial charge on any atom is 0.324 e. The first-order chi connectivity index (χ1) is 15.9. The van der Waals surface area contributed by atoms with Crippen molar-refractivity contribution < 1.29 is 14.3 Å². The van der Waals surface area contributed by atoms with E-state index in [0.717, 1.165) is 35.4 Å². The molecule has 0 saturated carbocycles. The number of aryl methyl sites for hydroxylation is 1. The number of hydrogen-bond acceptors (Lipinski definition) is 3. The Morgan fingerprint density at radius 2 is 1.85 bits per heavy atom. The number of ether oxygens (including phenoxy) is 1. The van der Waals surface area contributed by atoms with Gasteiger partial charge in [-0.15, -0.1) is 0 Å². The number of urea groups is 1. The molecule has 4 rings (SSSR count). The van der Waals surface area contributed by atoms with E-state index in [1.54, 1.807) is 0 Å². The van der Waals surface area contributed by atoms with Gasteiger partial charge in [0, 0.05) is 30.6 Å². The SMILES string of the molecule is CC[C@@H]1CN(C(=O)N2CCC(C(=O)NCCc3ccc(Cl)cc3)CC2)c2cc(C)ccc2O1. The molecule has 0 bridgehead atoms. The van der Waals surface area contributed by atoms with Crippen molar-refractivity contribution in [2.75, 3.05) is 31.1 Å². The Hall–Kier alpha value is -2.73. The fourth-order valence-corrected chi connectivity index (χ4v) is 4.61. The number of halogens is 1. The lowest BCUT2D eigenvalue weighted by Crippen LogP contribution is -2.52. The number of benzene rings is 2. The number of nitrogens with one attached hydrogen (secondary N) is 1. The van der Waals surface area contributed by atoms with Crippen molar-refractivity contribution >= 4 is 29.2 Å². The zero-order valence-corrected chi connectivity index (χ0v) is 20.1. The number of likely N-dealkylation sites (tertiary alicyclic amines) is 1. The fraction of sp³-hybridized carbons (Fsp3) is 0.462. The van der Waals surface area contributed by atoms with E-state index < -0.39 is 0 Å². The van der Waals surface area contributed by atoms with Crippen LogP contribution in [0.2, 0.25) is 5.02 Å². The van der Waals surface area contributed by atoms with Gasteiger partial charge < -0.3 is 15.0 Å². The van der Waals surface area contributed by atoms with E-state index in [-0.39, 0.29) is 24.0 Å². The summed E-state index contributed by atoms with van der Waals surface area (Å²) in [4.78, 5) is 29.8. The van der Waals surface area contributed by atoms with Crippen molar-refractivity contribution in [3.05, 3.63) is 58.6 Å². The van der Waals surface area contributed by atoms with Crippen LogP contribution in [-0.2, 0) is 11.2 Å². The summed E-state index contributed by atoms with van der Waals surface area (Å²) in [7, 11) is 0. The van der Waals surface area contributed by atoms with Gasteiger partial charge in [-0.05, 0) is 68.0 Å². The van der Waals surface area contributed by atoms with Crippen LogP contribution < -0.4 is 15.0 Å². The minimum Gasteiger partial charge on any atom is -0.486 e. The maximum atomic E-state index is 13.4. The molecule has 1 N–H and O–H groups in total. The van der Waals surface area contributed by atoms with Crippen molar-refractivity contribution in [2.45, 2.75) is 45.6 Å². The summed E-state index contributed by atoms with van der Waals surface area (Å²) in [6.45, 7) is 6.42. The van der Waals surface area contributed by atoms with Gasteiger partial charge in [-0.1, -0.05) is 36.7 Å². The van der Waals surface area contributed by atoms with Crippen LogP contribution in [0.4, 0.5) is 10.5 Å². The summed E-state index contributed by atoms with van der Waals surface area (Å²) < 4.78 is 6.06. The molecule has 0 radical (unpaired) electrons. The van der Waals surface area contributed by atoms with Crippen molar-refractivity contribution in [3.8, 4) is 5.75 Å². The molecule has 2 heterocycles. The Kier molecular flexibility index (Phi) is 7.43. The summed E-state index contributed by atoms with van der Waals surface area (Å²) in [6, 6.07) is 13.7. The van der Waals surface area contributed by atoms with Crippen LogP contribution in [0.25, 0.3) is 0 Å². The second-order valence-electron chi connectivity index (χ2n) is 8.94. The van der Waals surface area contributed by atoms with Crippen molar-refractivity contribution in [1.29, 1.82) is 0 Å². The summed E-state index contributed by atoms with van der Waals surface area (Å²) in [5, 5.41) is 3.77. The normalized spacial score (nSPS) is 18.5. The predicted molar refractivity (Wildman–Crippen MR) is 131 cm³/mol. The molecule has 7 heteroatoms. The highest BCUT2D eigenvalue weighted by Crippen LogP contribution is 2.36. The molecule has 0 unspecified atom stereocenters. The molecule has 2 aromatic carbocycles. The van der Waals surface area contributed by atoms with Crippen LogP contribution in [0.15, 0.2) is 42.5 Å². The number of nitrogens with zero attached hydrogens (tertiary/aromatic N) is 2. The molecule has 6 nitrogen and oxygen atoms in total. The molecule has 0 aliphatic carbocycles. The van der Waals surface area contributed by atoms with E-state index in [9.17, 15) is 9.59 Å². The Bertz CT molecular complexity index is 987. The van der Waals surface area contributed by atoms with Crippen LogP contribution in [0, 0.1) is 12.8 Å². The average Bonchev–Trinajstić information content (AvgIpc) is 2.84. The molecule has 2 aromatic rings. The molecule has 1 saturated heterocycles. The van der Waals surface area contributed by atoms with Crippen LogP contribution in [-0.4, -0.2) is 49.1 Å². The standard InChI is InChI=1S/C26H32ClN3O3/c1-3-22-17-30(23-16-18(2)4-9-24(23)33-22)26(32)29-14-11-20(12-15-29)25(31)28-13-10-19-5-7-21(27)8-6-19/h4-9,16,20,22H,3,10-15,17H2,1-2H3,(H,28,31)/t22-/m1/s1. The first-order valence-electron chi connectivity index (χ1n) is 11.8. The fourth-order valence-electron chi connectivity index (χ4n) is 4.48. The van der Waals surface area contributed by atoms with Gasteiger partial charge in [0.25, 0.3) is 0 Å². The van der Waals surface area contributed by atoms with Gasteiger partial charge in [0.1, 0.15) is 11.9 Å². The van der Waals surface area contributed by atoms with Crippen molar-refractivity contribution in [2.24, 2.45) is 5.92 Å². The molecule has 1 fully saturated rings. The molecule has 176 valence electrons. The van der Waals surface area contributed by atoms with E-state index in [0.29, 0.717) is 44.0 Å². The van der Waals surface area contributed by atoms with Crippen LogP contribution in [0.5, 0.6) is 5.75 Å². The van der Waals surface area contributed by atoms with Crippen LogP contribution in [0.3, 0.4) is 0 Å². The second kappa shape index (κ2) is 10.5. The number of anilines is 1. The molecule has 0 spiro atoms. The summed E-state index contributed by atoms with van der Waals surface area (Å²) in [6.07, 6.45) is 2.97. The maximum absolute atomic E-state index is 13.4. The van der Waals surface area contributed by atoms with Gasteiger partial charge in [0.05, 0.1) is 12.2 Å². The monoisotopic (exact) mass is 469 g/mol. The number of fused-ring (bicyclic) bond motifs is 1. The van der Waals surface area contributed by atoms with Gasteiger partial charge in [0.2, 0.25) is 5.91 Å². The topological polar surface area (TPSA) is 61.9 Å². The van der Waals surface area contributed by atoms with Gasteiger partial charge in [0.15, 0.2) is 0 Å². The lowest BCUT2D eigenvalue weighted by atomic mass is 9.96. The van der Waals surface area contributed by atoms with Crippen LogP contribution >= 0.6 is 11.6 Å². The summed E-state index contributed by atoms with van der Waals surface area (Å²) in [5.41, 5.74) is 3.08. The number of carbonyl (C=O) groups excluding carboxylic acids is 2. The first-order valence-corrected chi connectivity index (χ1v) is 12.2. The zero-order chi connectivity index (χ0) is 23.4. The van der Waals surface area contributed by atoms with Crippen molar-refractivity contribution in [1.82, 2.24) is 10.2 Å². The molecule has 33 heavy (non-hydrogen) atoms. The Morgan fingerprint density at radius 3 is 2.55 bits per heavy atom. The van der Waals surface area contributed by atoms with Crippen LogP contribution in [0.1, 0.15) is 37.3 Å². The van der Waals surface area contributed by atoms with E-state index in [1.165, 1.54) is 0 Å². The van der Waals surface area contributed by atoms with Gasteiger partial charge in [-0.25, -0.2) is 4.79 Å². The molecule has 3 amide bonds. The molecule has 0 aromatic heterocycles. The Labute approximate surface area is 200 Å².